The van der Waals surface area contributed by atoms with Crippen molar-refractivity contribution in [2.75, 3.05) is 39.1 Å². The Morgan fingerprint density at radius 2 is 1.94 bits per heavy atom. The van der Waals surface area contributed by atoms with Gasteiger partial charge in [-0.15, -0.1) is 0 Å². The number of benzene rings is 1. The minimum Gasteiger partial charge on any atom is -0.369 e. The second-order valence-electron chi connectivity index (χ2n) is 4.44. The highest BCUT2D eigenvalue weighted by Gasteiger charge is 2.20. The van der Waals surface area contributed by atoms with Gasteiger partial charge in [0.2, 0.25) is 0 Å². The van der Waals surface area contributed by atoms with Crippen molar-refractivity contribution >= 4 is 23.0 Å². The van der Waals surface area contributed by atoms with E-state index in [-0.39, 0.29) is 10.7 Å². The zero-order chi connectivity index (χ0) is 13.7. The molecule has 0 amide bonds. The average Bonchev–Trinajstić information content (AvgIpc) is 2.27. The summed E-state index contributed by atoms with van der Waals surface area (Å²) in [6, 6.07) is 4.99. The van der Waals surface area contributed by atoms with E-state index in [4.69, 9.17) is 11.6 Å². The summed E-state index contributed by atoms with van der Waals surface area (Å²) < 4.78 is 0. The Hall–Kier alpha value is -1.33. The van der Waals surface area contributed by atoms with Crippen LogP contribution in [0.2, 0.25) is 5.02 Å². The Balaban J connectivity index is 2.82. The monoisotopic (exact) mass is 271 g/mol. The van der Waals surface area contributed by atoms with E-state index in [0.717, 1.165) is 19.5 Å². The molecule has 100 valence electrons. The first-order valence-corrected chi connectivity index (χ1v) is 6.10. The van der Waals surface area contributed by atoms with Gasteiger partial charge in [0.05, 0.1) is 4.92 Å². The van der Waals surface area contributed by atoms with Crippen LogP contribution < -0.4 is 4.90 Å². The highest BCUT2D eigenvalue weighted by molar-refractivity contribution is 6.33. The van der Waals surface area contributed by atoms with Crippen molar-refractivity contribution in [1.29, 1.82) is 0 Å². The molecule has 18 heavy (non-hydrogen) atoms. The average molecular weight is 272 g/mol. The zero-order valence-corrected chi connectivity index (χ0v) is 11.6. The van der Waals surface area contributed by atoms with Gasteiger partial charge in [0.15, 0.2) is 0 Å². The van der Waals surface area contributed by atoms with Gasteiger partial charge < -0.3 is 9.80 Å². The van der Waals surface area contributed by atoms with Crippen LogP contribution in [0.15, 0.2) is 18.2 Å². The Kier molecular flexibility index (Phi) is 5.37. The number of rotatable bonds is 6. The van der Waals surface area contributed by atoms with Crippen LogP contribution >= 0.6 is 11.6 Å². The van der Waals surface area contributed by atoms with E-state index >= 15 is 0 Å². The number of halogens is 1. The van der Waals surface area contributed by atoms with Gasteiger partial charge in [-0.1, -0.05) is 17.7 Å². The molecule has 0 N–H and O–H groups in total. The third kappa shape index (κ3) is 3.85. The lowest BCUT2D eigenvalue weighted by Crippen LogP contribution is -2.24. The van der Waals surface area contributed by atoms with Crippen LogP contribution in [0.4, 0.5) is 11.4 Å². The number of nitro groups is 1. The molecule has 6 heteroatoms. The van der Waals surface area contributed by atoms with E-state index in [1.54, 1.807) is 12.1 Å². The van der Waals surface area contributed by atoms with Crippen molar-refractivity contribution in [2.45, 2.75) is 6.42 Å². The molecule has 5 nitrogen and oxygen atoms in total. The quantitative estimate of drug-likeness (QED) is 0.590. The van der Waals surface area contributed by atoms with Crippen LogP contribution in [-0.2, 0) is 0 Å². The van der Waals surface area contributed by atoms with Crippen molar-refractivity contribution < 1.29 is 4.92 Å². The molecule has 0 aliphatic carbocycles. The number of anilines is 1. The van der Waals surface area contributed by atoms with Crippen LogP contribution in [0.3, 0.4) is 0 Å². The first-order valence-electron chi connectivity index (χ1n) is 5.72. The molecule has 1 aromatic rings. The maximum Gasteiger partial charge on any atom is 0.310 e. The first-order chi connectivity index (χ1) is 8.43. The highest BCUT2D eigenvalue weighted by Crippen LogP contribution is 2.34. The normalized spacial score (nSPS) is 10.7. The Morgan fingerprint density at radius 1 is 1.28 bits per heavy atom. The zero-order valence-electron chi connectivity index (χ0n) is 10.9. The highest BCUT2D eigenvalue weighted by atomic mass is 35.5. The number of hydrogen-bond acceptors (Lipinski definition) is 4. The molecule has 0 aliphatic rings. The summed E-state index contributed by atoms with van der Waals surface area (Å²) in [6.45, 7) is 1.69. The van der Waals surface area contributed by atoms with Crippen LogP contribution in [0.1, 0.15) is 6.42 Å². The summed E-state index contributed by atoms with van der Waals surface area (Å²) in [6.07, 6.45) is 0.938. The molecule has 0 aliphatic heterocycles. The van der Waals surface area contributed by atoms with E-state index in [1.807, 2.05) is 26.0 Å². The minimum absolute atomic E-state index is 0.0217. The van der Waals surface area contributed by atoms with E-state index < -0.39 is 4.92 Å². The fourth-order valence-corrected chi connectivity index (χ4v) is 1.98. The summed E-state index contributed by atoms with van der Waals surface area (Å²) in [5.41, 5.74) is 0.540. The molecule has 1 aromatic carbocycles. The Labute approximate surface area is 112 Å². The molecule has 0 heterocycles. The smallest absolute Gasteiger partial charge is 0.310 e. The third-order valence-corrected chi connectivity index (χ3v) is 2.96. The lowest BCUT2D eigenvalue weighted by molar-refractivity contribution is -0.384. The molecule has 1 rings (SSSR count). The van der Waals surface area contributed by atoms with Crippen LogP contribution in [0, 0.1) is 10.1 Å². The second-order valence-corrected chi connectivity index (χ2v) is 4.85. The lowest BCUT2D eigenvalue weighted by Gasteiger charge is -2.20. The van der Waals surface area contributed by atoms with Crippen LogP contribution in [-0.4, -0.2) is 44.1 Å². The van der Waals surface area contributed by atoms with Crippen molar-refractivity contribution in [2.24, 2.45) is 0 Å². The van der Waals surface area contributed by atoms with Crippen molar-refractivity contribution in [1.82, 2.24) is 4.90 Å². The van der Waals surface area contributed by atoms with Gasteiger partial charge in [-0.25, -0.2) is 0 Å². The van der Waals surface area contributed by atoms with Gasteiger partial charge in [0.25, 0.3) is 0 Å². The maximum absolute atomic E-state index is 11.0. The maximum atomic E-state index is 11.0. The number of para-hydroxylation sites is 1. The minimum atomic E-state index is -0.430. The molecule has 0 bridgehead atoms. The largest absolute Gasteiger partial charge is 0.369 e. The Bertz CT molecular complexity index is 424. The van der Waals surface area contributed by atoms with Gasteiger partial charge in [-0.05, 0) is 39.2 Å². The van der Waals surface area contributed by atoms with Gasteiger partial charge in [0, 0.05) is 13.6 Å². The fourth-order valence-electron chi connectivity index (χ4n) is 1.74. The van der Waals surface area contributed by atoms with Crippen LogP contribution in [0.5, 0.6) is 0 Å². The molecular weight excluding hydrogens is 254 g/mol. The van der Waals surface area contributed by atoms with Crippen molar-refractivity contribution in [3.8, 4) is 0 Å². The standard InChI is InChI=1S/C12H18ClN3O2/c1-14(2)8-5-9-15(3)11-7-4-6-10(13)12(11)16(17)18/h4,6-7H,5,8-9H2,1-3H3. The van der Waals surface area contributed by atoms with Crippen molar-refractivity contribution in [3.05, 3.63) is 33.3 Å². The second kappa shape index (κ2) is 6.56. The molecule has 0 radical (unpaired) electrons. The van der Waals surface area contributed by atoms with Crippen molar-refractivity contribution in [3.63, 3.8) is 0 Å². The number of hydrogen-bond donors (Lipinski definition) is 0. The Morgan fingerprint density at radius 3 is 2.50 bits per heavy atom. The summed E-state index contributed by atoms with van der Waals surface area (Å²) >= 11 is 5.88. The summed E-state index contributed by atoms with van der Waals surface area (Å²) in [5, 5.41) is 11.2. The molecule has 0 saturated heterocycles. The molecule has 0 saturated carbocycles. The predicted octanol–water partition coefficient (Wildman–Crippen LogP) is 2.64. The summed E-state index contributed by atoms with van der Waals surface area (Å²) in [5.74, 6) is 0. The molecule has 0 fully saturated rings. The summed E-state index contributed by atoms with van der Waals surface area (Å²) in [7, 11) is 5.85. The van der Waals surface area contributed by atoms with E-state index in [2.05, 4.69) is 4.90 Å². The summed E-state index contributed by atoms with van der Waals surface area (Å²) in [4.78, 5) is 14.5. The molecule has 0 unspecified atom stereocenters. The van der Waals surface area contributed by atoms with Gasteiger partial charge in [-0.2, -0.15) is 0 Å². The van der Waals surface area contributed by atoms with Gasteiger partial charge >= 0.3 is 5.69 Å². The van der Waals surface area contributed by atoms with E-state index in [9.17, 15) is 10.1 Å². The molecular formula is C12H18ClN3O2. The SMILES string of the molecule is CN(C)CCCN(C)c1cccc(Cl)c1[N+](=O)[O-]. The van der Waals surface area contributed by atoms with E-state index in [0.29, 0.717) is 5.69 Å². The van der Waals surface area contributed by atoms with Gasteiger partial charge in [0.1, 0.15) is 10.7 Å². The number of nitrogens with zero attached hydrogens (tertiary/aromatic N) is 3. The van der Waals surface area contributed by atoms with Crippen LogP contribution in [0.25, 0.3) is 0 Å². The lowest BCUT2D eigenvalue weighted by atomic mass is 10.2. The van der Waals surface area contributed by atoms with Gasteiger partial charge in [-0.3, -0.25) is 10.1 Å². The topological polar surface area (TPSA) is 49.6 Å². The predicted molar refractivity (Wildman–Crippen MR) is 74.5 cm³/mol. The molecule has 0 spiro atoms. The molecule has 0 aromatic heterocycles. The molecule has 0 atom stereocenters. The third-order valence-electron chi connectivity index (χ3n) is 2.66. The first kappa shape index (κ1) is 14.7. The number of nitro benzene ring substituents is 1. The van der Waals surface area contributed by atoms with E-state index in [1.165, 1.54) is 6.07 Å². The fraction of sp³-hybridized carbons (Fsp3) is 0.500.